The largest absolute Gasteiger partial charge is 0.387 e. The minimum absolute atomic E-state index is 0.130. The Morgan fingerprint density at radius 2 is 1.90 bits per heavy atom. The van der Waals surface area contributed by atoms with Crippen LogP contribution in [0.5, 0.6) is 0 Å². The molecule has 2 heterocycles. The van der Waals surface area contributed by atoms with Gasteiger partial charge >= 0.3 is 0 Å². The molecule has 2 aliphatic heterocycles. The molecule has 2 aromatic carbocycles. The monoisotopic (exact) mass is 426 g/mol. The summed E-state index contributed by atoms with van der Waals surface area (Å²) in [4.78, 5) is 16.1. The number of carbonyl (C=O) groups is 1. The molecule has 4 rings (SSSR count). The number of benzene rings is 2. The Balaban J connectivity index is 1.40. The third kappa shape index (κ3) is 4.66. The first-order valence-electron chi connectivity index (χ1n) is 11.2. The highest BCUT2D eigenvalue weighted by molar-refractivity contribution is 5.95. The maximum Gasteiger partial charge on any atom is 0.226 e. The first-order valence-corrected chi connectivity index (χ1v) is 11.2. The van der Waals surface area contributed by atoms with E-state index in [4.69, 9.17) is 0 Å². The van der Waals surface area contributed by atoms with Gasteiger partial charge in [-0.25, -0.2) is 4.39 Å². The maximum atomic E-state index is 13.3. The second kappa shape index (κ2) is 9.07. The molecule has 1 amide bonds. The zero-order valence-corrected chi connectivity index (χ0v) is 18.1. The van der Waals surface area contributed by atoms with Gasteiger partial charge in [-0.3, -0.25) is 4.79 Å². The number of β-amino-alcohol motifs (C(OH)–C–C–N with tert-alkyl or cyclic N) is 1. The van der Waals surface area contributed by atoms with E-state index in [0.29, 0.717) is 38.9 Å². The van der Waals surface area contributed by atoms with E-state index in [-0.39, 0.29) is 11.7 Å². The van der Waals surface area contributed by atoms with Gasteiger partial charge < -0.3 is 20.0 Å². The van der Waals surface area contributed by atoms with Crippen LogP contribution in [0.4, 0.5) is 10.1 Å². The number of halogens is 1. The predicted octanol–water partition coefficient (Wildman–Crippen LogP) is 3.53. The number of aliphatic hydroxyl groups is 2. The number of hydrogen-bond donors (Lipinski definition) is 2. The summed E-state index contributed by atoms with van der Waals surface area (Å²) < 4.78 is 13.3. The number of amides is 1. The fourth-order valence-electron chi connectivity index (χ4n) is 4.84. The molecule has 2 aromatic rings. The first kappa shape index (κ1) is 21.9. The third-order valence-electron chi connectivity index (χ3n) is 6.71. The Morgan fingerprint density at radius 3 is 2.65 bits per heavy atom. The first-order chi connectivity index (χ1) is 14.9. The number of hydrogen-bond acceptors (Lipinski definition) is 4. The van der Waals surface area contributed by atoms with Crippen LogP contribution in [0.1, 0.15) is 55.4 Å². The number of fused-ring (bicyclic) bond motifs is 1. The van der Waals surface area contributed by atoms with E-state index < -0.39 is 11.7 Å². The summed E-state index contributed by atoms with van der Waals surface area (Å²) in [5.41, 5.74) is 2.72. The molecule has 2 N–H and O–H groups in total. The fraction of sp³-hybridized carbons (Fsp3) is 0.480. The van der Waals surface area contributed by atoms with Crippen molar-refractivity contribution >= 4 is 11.6 Å². The standard InChI is InChI=1S/C25H31FN2O3/c1-2-24(30)28-14-10-18-16-19(4-9-22(18)28)23(29)17-27-13-3-11-25(31,12-15-27)20-5-7-21(26)8-6-20/h4-9,16,23,29,31H,2-3,10-15,17H2,1H3/t23-,25+/m0/s1. The van der Waals surface area contributed by atoms with Crippen LogP contribution in [0.15, 0.2) is 42.5 Å². The van der Waals surface area contributed by atoms with E-state index in [1.165, 1.54) is 12.1 Å². The molecule has 166 valence electrons. The molecular formula is C25H31FN2O3. The third-order valence-corrected chi connectivity index (χ3v) is 6.71. The van der Waals surface area contributed by atoms with Gasteiger partial charge in [-0.15, -0.1) is 0 Å². The van der Waals surface area contributed by atoms with Crippen LogP contribution in [-0.2, 0) is 16.8 Å². The summed E-state index contributed by atoms with van der Waals surface area (Å²) in [7, 11) is 0. The van der Waals surface area contributed by atoms with Crippen molar-refractivity contribution in [3.05, 3.63) is 65.0 Å². The van der Waals surface area contributed by atoms with Gasteiger partial charge in [0.05, 0.1) is 11.7 Å². The molecule has 0 unspecified atom stereocenters. The van der Waals surface area contributed by atoms with Gasteiger partial charge in [-0.05, 0) is 67.1 Å². The van der Waals surface area contributed by atoms with Gasteiger partial charge in [0.25, 0.3) is 0 Å². The van der Waals surface area contributed by atoms with E-state index in [1.807, 2.05) is 30.0 Å². The van der Waals surface area contributed by atoms with Crippen molar-refractivity contribution in [2.45, 2.75) is 50.7 Å². The lowest BCUT2D eigenvalue weighted by Crippen LogP contribution is -2.32. The molecule has 2 atom stereocenters. The predicted molar refractivity (Wildman–Crippen MR) is 118 cm³/mol. The zero-order valence-electron chi connectivity index (χ0n) is 18.1. The number of rotatable bonds is 5. The van der Waals surface area contributed by atoms with Crippen molar-refractivity contribution in [2.75, 3.05) is 31.1 Å². The number of likely N-dealkylation sites (tertiary alicyclic amines) is 1. The van der Waals surface area contributed by atoms with Gasteiger partial charge in [0.2, 0.25) is 5.91 Å². The molecule has 1 saturated heterocycles. The average molecular weight is 427 g/mol. The SMILES string of the molecule is CCC(=O)N1CCc2cc([C@@H](O)CN3CCC[C@](O)(c4ccc(F)cc4)CC3)ccc21. The molecule has 2 aliphatic rings. The van der Waals surface area contributed by atoms with E-state index >= 15 is 0 Å². The van der Waals surface area contributed by atoms with Gasteiger partial charge in [0.1, 0.15) is 5.82 Å². The van der Waals surface area contributed by atoms with Crippen LogP contribution in [-0.4, -0.2) is 47.2 Å². The van der Waals surface area contributed by atoms with Crippen molar-refractivity contribution < 1.29 is 19.4 Å². The Kier molecular flexibility index (Phi) is 6.42. The van der Waals surface area contributed by atoms with Crippen molar-refractivity contribution in [3.8, 4) is 0 Å². The quantitative estimate of drug-likeness (QED) is 0.768. The Hall–Kier alpha value is -2.28. The summed E-state index contributed by atoms with van der Waals surface area (Å²) in [6.07, 6.45) is 2.64. The Bertz CT molecular complexity index is 933. The summed E-state index contributed by atoms with van der Waals surface area (Å²) >= 11 is 0. The highest BCUT2D eigenvalue weighted by Gasteiger charge is 2.32. The second-order valence-electron chi connectivity index (χ2n) is 8.75. The maximum absolute atomic E-state index is 13.3. The Labute approximate surface area is 183 Å². The summed E-state index contributed by atoms with van der Waals surface area (Å²) in [5, 5.41) is 22.0. The van der Waals surface area contributed by atoms with Crippen LogP contribution in [0, 0.1) is 5.82 Å². The van der Waals surface area contributed by atoms with Crippen LogP contribution >= 0.6 is 0 Å². The molecule has 0 radical (unpaired) electrons. The van der Waals surface area contributed by atoms with Gasteiger partial charge in [-0.2, -0.15) is 0 Å². The normalized spacial score (nSPS) is 22.8. The molecule has 0 spiro atoms. The van der Waals surface area contributed by atoms with Crippen molar-refractivity contribution in [1.82, 2.24) is 4.90 Å². The summed E-state index contributed by atoms with van der Waals surface area (Å²) in [6.45, 7) is 4.53. The number of aliphatic hydroxyl groups excluding tert-OH is 1. The van der Waals surface area contributed by atoms with Crippen LogP contribution < -0.4 is 4.90 Å². The Morgan fingerprint density at radius 1 is 1.13 bits per heavy atom. The topological polar surface area (TPSA) is 64.0 Å². The highest BCUT2D eigenvalue weighted by atomic mass is 19.1. The molecule has 31 heavy (non-hydrogen) atoms. The van der Waals surface area contributed by atoms with E-state index in [2.05, 4.69) is 4.90 Å². The van der Waals surface area contributed by atoms with E-state index in [9.17, 15) is 19.4 Å². The molecule has 0 saturated carbocycles. The molecule has 0 bridgehead atoms. The van der Waals surface area contributed by atoms with Crippen molar-refractivity contribution in [3.63, 3.8) is 0 Å². The van der Waals surface area contributed by atoms with Crippen LogP contribution in [0.2, 0.25) is 0 Å². The average Bonchev–Trinajstić information content (AvgIpc) is 3.11. The fourth-order valence-corrected chi connectivity index (χ4v) is 4.84. The second-order valence-corrected chi connectivity index (χ2v) is 8.75. The molecular weight excluding hydrogens is 395 g/mol. The lowest BCUT2D eigenvalue weighted by molar-refractivity contribution is -0.118. The minimum Gasteiger partial charge on any atom is -0.387 e. The number of anilines is 1. The van der Waals surface area contributed by atoms with Crippen molar-refractivity contribution in [2.24, 2.45) is 0 Å². The lowest BCUT2D eigenvalue weighted by Gasteiger charge is -2.28. The van der Waals surface area contributed by atoms with Gasteiger partial charge in [0, 0.05) is 31.7 Å². The van der Waals surface area contributed by atoms with Crippen LogP contribution in [0.3, 0.4) is 0 Å². The van der Waals surface area contributed by atoms with E-state index in [0.717, 1.165) is 41.8 Å². The molecule has 5 nitrogen and oxygen atoms in total. The minimum atomic E-state index is -0.962. The van der Waals surface area contributed by atoms with Gasteiger partial charge in [-0.1, -0.05) is 31.2 Å². The van der Waals surface area contributed by atoms with E-state index in [1.54, 1.807) is 12.1 Å². The highest BCUT2D eigenvalue weighted by Crippen LogP contribution is 2.34. The summed E-state index contributed by atoms with van der Waals surface area (Å²) in [6, 6.07) is 12.0. The van der Waals surface area contributed by atoms with Crippen molar-refractivity contribution in [1.29, 1.82) is 0 Å². The molecule has 0 aliphatic carbocycles. The molecule has 6 heteroatoms. The zero-order chi connectivity index (χ0) is 22.0. The molecule has 1 fully saturated rings. The van der Waals surface area contributed by atoms with Gasteiger partial charge in [0.15, 0.2) is 0 Å². The van der Waals surface area contributed by atoms with Crippen LogP contribution in [0.25, 0.3) is 0 Å². The summed E-state index contributed by atoms with van der Waals surface area (Å²) in [5.74, 6) is -0.174. The smallest absolute Gasteiger partial charge is 0.226 e. The lowest BCUT2D eigenvalue weighted by atomic mass is 9.87. The number of carbonyl (C=O) groups excluding carboxylic acids is 1. The molecule has 0 aromatic heterocycles. The number of nitrogens with zero attached hydrogens (tertiary/aromatic N) is 2.